The molecule has 6 heteroatoms. The lowest BCUT2D eigenvalue weighted by atomic mass is 9.61. The van der Waals surface area contributed by atoms with E-state index in [0.29, 0.717) is 25.2 Å². The summed E-state index contributed by atoms with van der Waals surface area (Å²) in [5.41, 5.74) is 0.700. The molecule has 4 N–H and O–H groups in total. The van der Waals surface area contributed by atoms with E-state index in [2.05, 4.69) is 24.2 Å². The van der Waals surface area contributed by atoms with Crippen LogP contribution in [0.2, 0.25) is 0 Å². The molecule has 1 aliphatic heterocycles. The molecule has 0 bridgehead atoms. The Labute approximate surface area is 243 Å². The molecule has 0 aromatic carbocycles. The van der Waals surface area contributed by atoms with Crippen LogP contribution in [0, 0.1) is 17.3 Å². The molecule has 2 saturated carbocycles. The standard InChI is InChI=1S/C34H59NO5/c1-2-3-4-5-9-14-29(36)15-10-6-7-11-16-30(32(38)39)31(37)18-23-33(40)22-17-27(25-33)34(20-12-8-13-21-34)28-19-24-35-26-28/h19,26-27,29-31,36-37,40H,2-18,20-25H2,1H3,(H,38,39)/t27-,29+,30+,31-,33-/m1/s1. The van der Waals surface area contributed by atoms with E-state index in [4.69, 9.17) is 0 Å². The summed E-state index contributed by atoms with van der Waals surface area (Å²) in [4.78, 5) is 16.4. The van der Waals surface area contributed by atoms with Crippen molar-refractivity contribution >= 4 is 12.2 Å². The van der Waals surface area contributed by atoms with Crippen LogP contribution < -0.4 is 0 Å². The smallest absolute Gasteiger partial charge is 0.309 e. The zero-order valence-corrected chi connectivity index (χ0v) is 25.4. The van der Waals surface area contributed by atoms with Crippen LogP contribution >= 0.6 is 0 Å². The Kier molecular flexibility index (Phi) is 14.2. The van der Waals surface area contributed by atoms with Crippen molar-refractivity contribution in [1.82, 2.24) is 0 Å². The Hall–Kier alpha value is -1.24. The van der Waals surface area contributed by atoms with E-state index in [1.54, 1.807) is 0 Å². The SMILES string of the molecule is CCCCCCC[C@H](O)CCCCCC[C@H](C(=O)O)[C@H](O)CC[C@]1(O)CC[C@@H](C2(C3=CCN=C3)CCCCC2)C1. The van der Waals surface area contributed by atoms with E-state index in [0.717, 1.165) is 70.8 Å². The largest absolute Gasteiger partial charge is 0.481 e. The third kappa shape index (κ3) is 9.94. The maximum absolute atomic E-state index is 12.0. The molecule has 0 aromatic heterocycles. The van der Waals surface area contributed by atoms with E-state index < -0.39 is 23.6 Å². The van der Waals surface area contributed by atoms with Crippen molar-refractivity contribution in [2.45, 2.75) is 166 Å². The van der Waals surface area contributed by atoms with Crippen molar-refractivity contribution in [3.8, 4) is 0 Å². The maximum Gasteiger partial charge on any atom is 0.309 e. The van der Waals surface area contributed by atoms with Crippen LogP contribution in [0.3, 0.4) is 0 Å². The van der Waals surface area contributed by atoms with Gasteiger partial charge in [0.15, 0.2) is 0 Å². The van der Waals surface area contributed by atoms with Crippen LogP contribution in [-0.2, 0) is 4.79 Å². The van der Waals surface area contributed by atoms with Crippen LogP contribution in [-0.4, -0.2) is 57.0 Å². The van der Waals surface area contributed by atoms with Gasteiger partial charge in [-0.15, -0.1) is 0 Å². The summed E-state index contributed by atoms with van der Waals surface area (Å²) in [5, 5.41) is 42.3. The molecule has 3 aliphatic rings. The molecule has 0 aromatic rings. The predicted octanol–water partition coefficient (Wildman–Crippen LogP) is 7.38. The van der Waals surface area contributed by atoms with Gasteiger partial charge in [-0.25, -0.2) is 0 Å². The first-order valence-electron chi connectivity index (χ1n) is 16.8. The number of aliphatic imine (C=N–C) groups is 1. The molecule has 2 aliphatic carbocycles. The van der Waals surface area contributed by atoms with Gasteiger partial charge in [-0.2, -0.15) is 0 Å². The van der Waals surface area contributed by atoms with Crippen molar-refractivity contribution in [3.63, 3.8) is 0 Å². The number of carboxylic acid groups (broad SMARTS) is 1. The van der Waals surface area contributed by atoms with Gasteiger partial charge in [0, 0.05) is 6.21 Å². The number of unbranched alkanes of at least 4 members (excludes halogenated alkanes) is 7. The number of hydrogen-bond acceptors (Lipinski definition) is 5. The lowest BCUT2D eigenvalue weighted by Gasteiger charge is -2.43. The van der Waals surface area contributed by atoms with Gasteiger partial charge in [-0.3, -0.25) is 9.79 Å². The minimum absolute atomic E-state index is 0.135. The third-order valence-corrected chi connectivity index (χ3v) is 10.5. The zero-order chi connectivity index (χ0) is 28.8. The summed E-state index contributed by atoms with van der Waals surface area (Å²) >= 11 is 0. The lowest BCUT2D eigenvalue weighted by Crippen LogP contribution is -2.37. The molecule has 2 fully saturated rings. The Morgan fingerprint density at radius 1 is 0.925 bits per heavy atom. The highest BCUT2D eigenvalue weighted by molar-refractivity contribution is 5.83. The summed E-state index contributed by atoms with van der Waals surface area (Å²) in [7, 11) is 0. The fourth-order valence-corrected chi connectivity index (χ4v) is 7.93. The van der Waals surface area contributed by atoms with Gasteiger partial charge < -0.3 is 20.4 Å². The van der Waals surface area contributed by atoms with Crippen LogP contribution in [0.1, 0.15) is 148 Å². The highest BCUT2D eigenvalue weighted by atomic mass is 16.4. The fourth-order valence-electron chi connectivity index (χ4n) is 7.93. The van der Waals surface area contributed by atoms with Crippen LogP contribution in [0.15, 0.2) is 16.6 Å². The first-order chi connectivity index (χ1) is 19.3. The average molecular weight is 562 g/mol. The number of aliphatic hydroxyl groups is 3. The molecule has 230 valence electrons. The first-order valence-corrected chi connectivity index (χ1v) is 16.8. The molecule has 5 atom stereocenters. The molecule has 1 heterocycles. The van der Waals surface area contributed by atoms with Gasteiger partial charge in [0.2, 0.25) is 0 Å². The molecule has 0 saturated heterocycles. The number of aliphatic carboxylic acids is 1. The summed E-state index contributed by atoms with van der Waals surface area (Å²) in [6.45, 7) is 2.99. The molecule has 3 rings (SSSR count). The van der Waals surface area contributed by atoms with Crippen molar-refractivity contribution < 1.29 is 25.2 Å². The van der Waals surface area contributed by atoms with Crippen molar-refractivity contribution in [3.05, 3.63) is 11.6 Å². The molecule has 40 heavy (non-hydrogen) atoms. The number of allylic oxidation sites excluding steroid dienone is 1. The molecular formula is C34H59NO5. The summed E-state index contributed by atoms with van der Waals surface area (Å²) < 4.78 is 0. The van der Waals surface area contributed by atoms with Gasteiger partial charge in [0.05, 0.1) is 30.3 Å². The highest BCUT2D eigenvalue weighted by Crippen LogP contribution is 2.56. The van der Waals surface area contributed by atoms with Gasteiger partial charge in [-0.05, 0) is 81.1 Å². The quantitative estimate of drug-likeness (QED) is 0.116. The monoisotopic (exact) mass is 561 g/mol. The number of carbonyl (C=O) groups is 1. The molecule has 0 spiro atoms. The second-order valence-electron chi connectivity index (χ2n) is 13.4. The van der Waals surface area contributed by atoms with E-state index in [9.17, 15) is 25.2 Å². The molecule has 0 unspecified atom stereocenters. The topological polar surface area (TPSA) is 110 Å². The van der Waals surface area contributed by atoms with Crippen molar-refractivity contribution in [2.24, 2.45) is 22.2 Å². The minimum atomic E-state index is -0.934. The summed E-state index contributed by atoms with van der Waals surface area (Å²) in [6, 6.07) is 0. The van der Waals surface area contributed by atoms with Gasteiger partial charge >= 0.3 is 5.97 Å². The first kappa shape index (κ1) is 33.3. The number of carboxylic acids is 1. The fraction of sp³-hybridized carbons (Fsp3) is 0.882. The Morgan fingerprint density at radius 3 is 2.17 bits per heavy atom. The summed E-state index contributed by atoms with van der Waals surface area (Å²) in [6.07, 6.45) is 24.5. The Balaban J connectivity index is 1.36. The number of aliphatic hydroxyl groups excluding tert-OH is 2. The van der Waals surface area contributed by atoms with E-state index in [-0.39, 0.29) is 11.5 Å². The van der Waals surface area contributed by atoms with E-state index in [1.165, 1.54) is 63.4 Å². The molecule has 0 amide bonds. The third-order valence-electron chi connectivity index (χ3n) is 10.5. The molecular weight excluding hydrogens is 502 g/mol. The average Bonchev–Trinajstić information content (AvgIpc) is 3.63. The van der Waals surface area contributed by atoms with Crippen molar-refractivity contribution in [1.29, 1.82) is 0 Å². The zero-order valence-electron chi connectivity index (χ0n) is 25.4. The van der Waals surface area contributed by atoms with Gasteiger partial charge in [-0.1, -0.05) is 90.0 Å². The van der Waals surface area contributed by atoms with Crippen LogP contribution in [0.4, 0.5) is 0 Å². The van der Waals surface area contributed by atoms with Crippen LogP contribution in [0.25, 0.3) is 0 Å². The highest BCUT2D eigenvalue weighted by Gasteiger charge is 2.49. The summed E-state index contributed by atoms with van der Waals surface area (Å²) in [5.74, 6) is -1.28. The second-order valence-corrected chi connectivity index (χ2v) is 13.4. The second kappa shape index (κ2) is 17.0. The van der Waals surface area contributed by atoms with E-state index >= 15 is 0 Å². The molecule has 6 nitrogen and oxygen atoms in total. The Morgan fingerprint density at radius 2 is 1.57 bits per heavy atom. The lowest BCUT2D eigenvalue weighted by molar-refractivity contribution is -0.146. The van der Waals surface area contributed by atoms with Crippen LogP contribution in [0.5, 0.6) is 0 Å². The molecule has 0 radical (unpaired) electrons. The Bertz CT molecular complexity index is 804. The maximum atomic E-state index is 12.0. The predicted molar refractivity (Wildman–Crippen MR) is 163 cm³/mol. The van der Waals surface area contributed by atoms with E-state index in [1.807, 2.05) is 0 Å². The number of rotatable bonds is 20. The normalized spacial score (nSPS) is 26.5. The van der Waals surface area contributed by atoms with Crippen molar-refractivity contribution in [2.75, 3.05) is 6.54 Å². The number of nitrogens with zero attached hydrogens (tertiary/aromatic N) is 1. The van der Waals surface area contributed by atoms with Gasteiger partial charge in [0.1, 0.15) is 0 Å². The minimum Gasteiger partial charge on any atom is -0.481 e. The van der Waals surface area contributed by atoms with Gasteiger partial charge in [0.25, 0.3) is 0 Å². The number of hydrogen-bond donors (Lipinski definition) is 4.